The lowest BCUT2D eigenvalue weighted by molar-refractivity contribution is -0.159. The topological polar surface area (TPSA) is 30.9 Å². The van der Waals surface area contributed by atoms with E-state index in [-0.39, 0.29) is 5.60 Å². The number of rotatable bonds is 3. The number of ether oxygens (including phenoxy) is 3. The maximum absolute atomic E-state index is 6.28. The summed E-state index contributed by atoms with van der Waals surface area (Å²) in [5.74, 6) is 0. The first-order valence-electron chi connectivity index (χ1n) is 7.58. The SMILES string of the molecule is CC[C@@H]1CN(C[C@H]2CCC=CO2)C[C@@]2(CCOC2)O1. The fourth-order valence-corrected chi connectivity index (χ4v) is 3.35. The molecule has 0 aromatic carbocycles. The second-order valence-corrected chi connectivity index (χ2v) is 6.04. The fourth-order valence-electron chi connectivity index (χ4n) is 3.35. The van der Waals surface area contributed by atoms with Crippen molar-refractivity contribution in [3.05, 3.63) is 12.3 Å². The van der Waals surface area contributed by atoms with E-state index in [0.29, 0.717) is 12.2 Å². The van der Waals surface area contributed by atoms with Crippen molar-refractivity contribution >= 4 is 0 Å². The van der Waals surface area contributed by atoms with Crippen LogP contribution < -0.4 is 0 Å². The molecule has 2 fully saturated rings. The molecule has 19 heavy (non-hydrogen) atoms. The maximum Gasteiger partial charge on any atom is 0.111 e. The van der Waals surface area contributed by atoms with Gasteiger partial charge in [0, 0.05) is 32.7 Å². The third-order valence-electron chi connectivity index (χ3n) is 4.40. The van der Waals surface area contributed by atoms with Crippen molar-refractivity contribution in [1.29, 1.82) is 0 Å². The van der Waals surface area contributed by atoms with Crippen LogP contribution in [-0.2, 0) is 14.2 Å². The first-order valence-corrected chi connectivity index (χ1v) is 7.58. The maximum atomic E-state index is 6.28. The van der Waals surface area contributed by atoms with Crippen LogP contribution in [0.15, 0.2) is 12.3 Å². The van der Waals surface area contributed by atoms with Crippen LogP contribution in [0, 0.1) is 0 Å². The van der Waals surface area contributed by atoms with E-state index in [1.54, 1.807) is 0 Å². The summed E-state index contributed by atoms with van der Waals surface area (Å²) >= 11 is 0. The Morgan fingerprint density at radius 3 is 3.00 bits per heavy atom. The molecule has 1 spiro atoms. The number of nitrogens with zero attached hydrogens (tertiary/aromatic N) is 1. The van der Waals surface area contributed by atoms with Gasteiger partial charge in [-0.2, -0.15) is 0 Å². The Bertz CT molecular complexity index is 325. The average molecular weight is 267 g/mol. The van der Waals surface area contributed by atoms with Gasteiger partial charge in [-0.1, -0.05) is 6.92 Å². The molecule has 108 valence electrons. The van der Waals surface area contributed by atoms with Gasteiger partial charge < -0.3 is 14.2 Å². The second-order valence-electron chi connectivity index (χ2n) is 6.04. The first-order chi connectivity index (χ1) is 9.30. The van der Waals surface area contributed by atoms with Crippen molar-refractivity contribution in [2.45, 2.75) is 50.4 Å². The van der Waals surface area contributed by atoms with Crippen molar-refractivity contribution in [1.82, 2.24) is 4.90 Å². The number of hydrogen-bond acceptors (Lipinski definition) is 4. The Labute approximate surface area is 115 Å². The van der Waals surface area contributed by atoms with E-state index in [0.717, 1.165) is 58.5 Å². The van der Waals surface area contributed by atoms with Crippen LogP contribution in [0.4, 0.5) is 0 Å². The Morgan fingerprint density at radius 2 is 2.32 bits per heavy atom. The number of hydrogen-bond donors (Lipinski definition) is 0. The van der Waals surface area contributed by atoms with Gasteiger partial charge in [0.2, 0.25) is 0 Å². The predicted octanol–water partition coefficient (Wildman–Crippen LogP) is 1.95. The minimum atomic E-state index is -0.0522. The fraction of sp³-hybridized carbons (Fsp3) is 0.867. The highest BCUT2D eigenvalue weighted by molar-refractivity contribution is 4.95. The van der Waals surface area contributed by atoms with E-state index in [9.17, 15) is 0 Å². The zero-order valence-electron chi connectivity index (χ0n) is 11.8. The summed E-state index contributed by atoms with van der Waals surface area (Å²) < 4.78 is 17.6. The molecule has 3 aliphatic rings. The molecule has 3 heterocycles. The quantitative estimate of drug-likeness (QED) is 0.782. The molecule has 0 amide bonds. The molecule has 0 bridgehead atoms. The Kier molecular flexibility index (Phi) is 4.10. The van der Waals surface area contributed by atoms with Crippen LogP contribution in [0.5, 0.6) is 0 Å². The highest BCUT2D eigenvalue weighted by Gasteiger charge is 2.43. The van der Waals surface area contributed by atoms with Crippen molar-refractivity contribution in [2.75, 3.05) is 32.8 Å². The van der Waals surface area contributed by atoms with E-state index in [2.05, 4.69) is 17.9 Å². The lowest BCUT2D eigenvalue weighted by Crippen LogP contribution is -2.57. The summed E-state index contributed by atoms with van der Waals surface area (Å²) in [5.41, 5.74) is -0.0522. The third-order valence-corrected chi connectivity index (χ3v) is 4.40. The van der Waals surface area contributed by atoms with Gasteiger partial charge in [-0.15, -0.1) is 0 Å². The van der Waals surface area contributed by atoms with Gasteiger partial charge in [-0.3, -0.25) is 4.90 Å². The molecular weight excluding hydrogens is 242 g/mol. The first kappa shape index (κ1) is 13.4. The van der Waals surface area contributed by atoms with Crippen molar-refractivity contribution in [3.63, 3.8) is 0 Å². The van der Waals surface area contributed by atoms with Gasteiger partial charge in [0.1, 0.15) is 11.7 Å². The summed E-state index contributed by atoms with van der Waals surface area (Å²) in [6.07, 6.45) is 9.04. The number of allylic oxidation sites excluding steroid dienone is 1. The minimum Gasteiger partial charge on any atom is -0.497 e. The molecule has 2 saturated heterocycles. The molecule has 4 heteroatoms. The Balaban J connectivity index is 1.61. The Hall–Kier alpha value is -0.580. The van der Waals surface area contributed by atoms with Crippen LogP contribution in [0.2, 0.25) is 0 Å². The average Bonchev–Trinajstić information content (AvgIpc) is 2.87. The second kappa shape index (κ2) is 5.81. The van der Waals surface area contributed by atoms with Gasteiger partial charge >= 0.3 is 0 Å². The van der Waals surface area contributed by atoms with Crippen molar-refractivity contribution in [3.8, 4) is 0 Å². The van der Waals surface area contributed by atoms with E-state index in [4.69, 9.17) is 14.2 Å². The zero-order chi connectivity index (χ0) is 13.1. The molecule has 0 aliphatic carbocycles. The molecule has 0 N–H and O–H groups in total. The highest BCUT2D eigenvalue weighted by Crippen LogP contribution is 2.31. The molecule has 4 nitrogen and oxygen atoms in total. The zero-order valence-corrected chi connectivity index (χ0v) is 11.8. The lowest BCUT2D eigenvalue weighted by Gasteiger charge is -2.44. The summed E-state index contributed by atoms with van der Waals surface area (Å²) in [7, 11) is 0. The van der Waals surface area contributed by atoms with Crippen LogP contribution in [0.25, 0.3) is 0 Å². The molecule has 0 aromatic heterocycles. The van der Waals surface area contributed by atoms with Crippen LogP contribution in [-0.4, -0.2) is 55.6 Å². The van der Waals surface area contributed by atoms with Crippen LogP contribution in [0.1, 0.15) is 32.6 Å². The van der Waals surface area contributed by atoms with Gasteiger partial charge in [0.15, 0.2) is 0 Å². The van der Waals surface area contributed by atoms with E-state index in [1.807, 2.05) is 6.26 Å². The van der Waals surface area contributed by atoms with Gasteiger partial charge in [0.05, 0.1) is 19.0 Å². The normalized spacial score (nSPS) is 39.6. The molecule has 0 unspecified atom stereocenters. The van der Waals surface area contributed by atoms with Gasteiger partial charge in [0.25, 0.3) is 0 Å². The summed E-state index contributed by atoms with van der Waals surface area (Å²) in [6.45, 7) is 6.84. The van der Waals surface area contributed by atoms with E-state index < -0.39 is 0 Å². The summed E-state index contributed by atoms with van der Waals surface area (Å²) in [5, 5.41) is 0. The summed E-state index contributed by atoms with van der Waals surface area (Å²) in [4.78, 5) is 2.52. The molecule has 3 atom stereocenters. The van der Waals surface area contributed by atoms with Crippen molar-refractivity contribution < 1.29 is 14.2 Å². The van der Waals surface area contributed by atoms with Crippen LogP contribution >= 0.6 is 0 Å². The molecular formula is C15H25NO3. The van der Waals surface area contributed by atoms with Crippen LogP contribution in [0.3, 0.4) is 0 Å². The minimum absolute atomic E-state index is 0.0522. The summed E-state index contributed by atoms with van der Waals surface area (Å²) in [6, 6.07) is 0. The monoisotopic (exact) mass is 267 g/mol. The smallest absolute Gasteiger partial charge is 0.111 e. The Morgan fingerprint density at radius 1 is 1.37 bits per heavy atom. The molecule has 3 rings (SSSR count). The molecule has 3 aliphatic heterocycles. The third kappa shape index (κ3) is 3.12. The van der Waals surface area contributed by atoms with E-state index in [1.165, 1.54) is 0 Å². The predicted molar refractivity (Wildman–Crippen MR) is 73.0 cm³/mol. The molecule has 0 radical (unpaired) electrons. The standard InChI is InChI=1S/C15H25NO3/c1-2-13-9-16(10-14-5-3-4-7-18-14)11-15(19-13)6-8-17-12-15/h4,7,13-14H,2-3,5-6,8-12H2,1H3/t13-,14-,15-/m1/s1. The molecule has 0 saturated carbocycles. The number of morpholine rings is 1. The molecule has 0 aromatic rings. The van der Waals surface area contributed by atoms with E-state index >= 15 is 0 Å². The van der Waals surface area contributed by atoms with Gasteiger partial charge in [-0.05, 0) is 25.3 Å². The van der Waals surface area contributed by atoms with Crippen molar-refractivity contribution in [2.24, 2.45) is 0 Å². The lowest BCUT2D eigenvalue weighted by atomic mass is 9.98. The largest absolute Gasteiger partial charge is 0.497 e. The highest BCUT2D eigenvalue weighted by atomic mass is 16.6. The van der Waals surface area contributed by atoms with Gasteiger partial charge in [-0.25, -0.2) is 0 Å².